The molecule has 0 spiro atoms. The largest absolute Gasteiger partial charge is 0.458 e. The van der Waals surface area contributed by atoms with E-state index in [0.29, 0.717) is 12.0 Å². The Morgan fingerprint density at radius 3 is 1.68 bits per heavy atom. The predicted molar refractivity (Wildman–Crippen MR) is 210 cm³/mol. The van der Waals surface area contributed by atoms with E-state index in [1.165, 1.54) is 0 Å². The van der Waals surface area contributed by atoms with Crippen LogP contribution in [0.2, 0.25) is 0 Å². The number of amides is 3. The molecule has 2 N–H and O–H groups in total. The summed E-state index contributed by atoms with van der Waals surface area (Å²) in [7, 11) is 0. The Bertz CT molecular complexity index is 1610. The van der Waals surface area contributed by atoms with Gasteiger partial charge in [-0.25, -0.2) is 9.59 Å². The number of nitrogens with one attached hydrogen (secondary N) is 2. The number of esters is 1. The Morgan fingerprint density at radius 2 is 1.17 bits per heavy atom. The Morgan fingerprint density at radius 1 is 0.660 bits per heavy atom. The highest BCUT2D eigenvalue weighted by Gasteiger charge is 2.38. The molecule has 3 atom stereocenters. The van der Waals surface area contributed by atoms with Gasteiger partial charge in [0.15, 0.2) is 0 Å². The van der Waals surface area contributed by atoms with Crippen LogP contribution in [0.15, 0.2) is 78.9 Å². The van der Waals surface area contributed by atoms with Gasteiger partial charge in [0.25, 0.3) is 0 Å². The molecule has 0 aliphatic heterocycles. The first-order chi connectivity index (χ1) is 25.0. The molecule has 0 aliphatic rings. The molecule has 53 heavy (non-hydrogen) atoms. The third kappa shape index (κ3) is 15.1. The van der Waals surface area contributed by atoms with Crippen molar-refractivity contribution in [3.63, 3.8) is 0 Å². The second kappa shape index (κ2) is 20.0. The Balaban J connectivity index is 2.15. The molecule has 3 aromatic rings. The molecular formula is C44H61N3O6. The number of hydrogen-bond donors (Lipinski definition) is 2. The number of rotatable bonds is 17. The van der Waals surface area contributed by atoms with E-state index in [9.17, 15) is 14.4 Å². The summed E-state index contributed by atoms with van der Waals surface area (Å²) in [5, 5.41) is 5.85. The lowest BCUT2D eigenvalue weighted by atomic mass is 9.96. The summed E-state index contributed by atoms with van der Waals surface area (Å²) < 4.78 is 11.4. The lowest BCUT2D eigenvalue weighted by molar-refractivity contribution is -0.159. The molecule has 0 fully saturated rings. The molecule has 0 aromatic heterocycles. The molecule has 9 heteroatoms. The van der Waals surface area contributed by atoms with Crippen LogP contribution in [0.1, 0.15) is 114 Å². The van der Waals surface area contributed by atoms with Crippen LogP contribution < -0.4 is 10.6 Å². The first-order valence-corrected chi connectivity index (χ1v) is 18.9. The summed E-state index contributed by atoms with van der Waals surface area (Å²) in [5.41, 5.74) is 2.57. The predicted octanol–water partition coefficient (Wildman–Crippen LogP) is 8.35. The average Bonchev–Trinajstić information content (AvgIpc) is 3.05. The van der Waals surface area contributed by atoms with Gasteiger partial charge in [0, 0.05) is 19.4 Å². The van der Waals surface area contributed by atoms with Crippen LogP contribution >= 0.6 is 0 Å². The van der Waals surface area contributed by atoms with Gasteiger partial charge in [-0.05, 0) is 78.5 Å². The van der Waals surface area contributed by atoms with Crippen molar-refractivity contribution in [2.45, 2.75) is 137 Å². The number of aryl methyl sites for hydroxylation is 2. The molecule has 3 rings (SSSR count). The number of hydrogen-bond acceptors (Lipinski definition) is 6. The molecule has 0 saturated heterocycles. The highest BCUT2D eigenvalue weighted by molar-refractivity contribution is 5.94. The van der Waals surface area contributed by atoms with E-state index in [2.05, 4.69) is 17.6 Å². The number of carbonyl (C=O) groups is 4. The Kier molecular flexibility index (Phi) is 16.1. The second-order valence-electron chi connectivity index (χ2n) is 15.9. The number of benzene rings is 3. The average molecular weight is 728 g/mol. The van der Waals surface area contributed by atoms with Crippen LogP contribution in [-0.2, 0) is 36.7 Å². The van der Waals surface area contributed by atoms with Crippen molar-refractivity contribution < 1.29 is 28.7 Å². The van der Waals surface area contributed by atoms with Crippen LogP contribution in [-0.4, -0.2) is 58.6 Å². The first kappa shape index (κ1) is 42.8. The van der Waals surface area contributed by atoms with E-state index in [1.54, 1.807) is 46.4 Å². The van der Waals surface area contributed by atoms with Crippen molar-refractivity contribution in [1.29, 1.82) is 0 Å². The van der Waals surface area contributed by atoms with E-state index < -0.39 is 53.2 Å². The molecular weight excluding hydrogens is 666 g/mol. The Labute approximate surface area is 317 Å². The van der Waals surface area contributed by atoms with Crippen LogP contribution in [0.5, 0.6) is 0 Å². The van der Waals surface area contributed by atoms with Gasteiger partial charge < -0.3 is 25.0 Å². The third-order valence-electron chi connectivity index (χ3n) is 8.47. The number of ether oxygens (including phenoxy) is 2. The summed E-state index contributed by atoms with van der Waals surface area (Å²) in [4.78, 5) is 58.5. The van der Waals surface area contributed by atoms with Crippen LogP contribution in [0, 0.1) is 13.8 Å². The minimum atomic E-state index is -1.12. The van der Waals surface area contributed by atoms with Crippen molar-refractivity contribution in [2.75, 3.05) is 6.54 Å². The fourth-order valence-corrected chi connectivity index (χ4v) is 6.26. The second-order valence-corrected chi connectivity index (χ2v) is 15.9. The quantitative estimate of drug-likeness (QED) is 0.107. The minimum absolute atomic E-state index is 0.182. The number of carbonyl (C=O) groups excluding carboxylic acids is 4. The van der Waals surface area contributed by atoms with Gasteiger partial charge in [-0.1, -0.05) is 123 Å². The molecule has 0 bridgehead atoms. The van der Waals surface area contributed by atoms with Gasteiger partial charge in [-0.2, -0.15) is 0 Å². The van der Waals surface area contributed by atoms with Crippen molar-refractivity contribution in [1.82, 2.24) is 15.5 Å². The maximum absolute atomic E-state index is 15.0. The van der Waals surface area contributed by atoms with Crippen LogP contribution in [0.4, 0.5) is 4.79 Å². The SMILES string of the molecule is CCCCCCCN(C(=O)C(Cc1ccccc1)NC(=O)OC(C)(C)C)C(C(=O)NC(Cc1ccccc1)C(=O)OC(C)(C)C)c1cc(C)cc(C)c1. The fourth-order valence-electron chi connectivity index (χ4n) is 6.26. The number of nitrogens with zero attached hydrogens (tertiary/aromatic N) is 1. The van der Waals surface area contributed by atoms with E-state index in [0.717, 1.165) is 47.9 Å². The number of unbranched alkanes of at least 4 members (excludes halogenated alkanes) is 4. The highest BCUT2D eigenvalue weighted by Crippen LogP contribution is 2.27. The summed E-state index contributed by atoms with van der Waals surface area (Å²) in [6.45, 7) is 16.9. The minimum Gasteiger partial charge on any atom is -0.458 e. The van der Waals surface area contributed by atoms with Gasteiger partial charge in [-0.3, -0.25) is 9.59 Å². The van der Waals surface area contributed by atoms with Gasteiger partial charge >= 0.3 is 12.1 Å². The molecule has 3 amide bonds. The normalized spacial score (nSPS) is 13.3. The summed E-state index contributed by atoms with van der Waals surface area (Å²) in [6, 6.07) is 21.5. The topological polar surface area (TPSA) is 114 Å². The van der Waals surface area contributed by atoms with Crippen LogP contribution in [0.25, 0.3) is 0 Å². The molecule has 3 unspecified atom stereocenters. The molecule has 0 aliphatic carbocycles. The lowest BCUT2D eigenvalue weighted by Crippen LogP contribution is -2.55. The van der Waals surface area contributed by atoms with E-state index in [1.807, 2.05) is 92.7 Å². The molecule has 9 nitrogen and oxygen atoms in total. The van der Waals surface area contributed by atoms with E-state index in [4.69, 9.17) is 9.47 Å². The molecule has 0 heterocycles. The van der Waals surface area contributed by atoms with E-state index >= 15 is 4.79 Å². The van der Waals surface area contributed by atoms with Gasteiger partial charge in [0.1, 0.15) is 29.3 Å². The van der Waals surface area contributed by atoms with Gasteiger partial charge in [0.2, 0.25) is 11.8 Å². The highest BCUT2D eigenvalue weighted by atomic mass is 16.6. The van der Waals surface area contributed by atoms with Crippen LogP contribution in [0.3, 0.4) is 0 Å². The summed E-state index contributed by atoms with van der Waals surface area (Å²) in [5.74, 6) is -1.51. The van der Waals surface area contributed by atoms with Crippen molar-refractivity contribution in [3.05, 3.63) is 107 Å². The fraction of sp³-hybridized carbons (Fsp3) is 0.500. The third-order valence-corrected chi connectivity index (χ3v) is 8.47. The zero-order valence-corrected chi connectivity index (χ0v) is 33.3. The Hall–Kier alpha value is -4.66. The van der Waals surface area contributed by atoms with Crippen molar-refractivity contribution in [2.24, 2.45) is 0 Å². The zero-order chi connectivity index (χ0) is 39.2. The maximum Gasteiger partial charge on any atom is 0.408 e. The van der Waals surface area contributed by atoms with Crippen molar-refractivity contribution >= 4 is 23.9 Å². The summed E-state index contributed by atoms with van der Waals surface area (Å²) in [6.07, 6.45) is 4.26. The summed E-state index contributed by atoms with van der Waals surface area (Å²) >= 11 is 0. The maximum atomic E-state index is 15.0. The number of alkyl carbamates (subject to hydrolysis) is 1. The monoisotopic (exact) mass is 727 g/mol. The molecule has 3 aromatic carbocycles. The standard InChI is InChI=1S/C44H61N3O6/c1-10-11-12-13-20-25-47(40(49)36(29-33-21-16-14-17-22-33)46-42(51)53-44(7,8)9)38(35-27-31(2)26-32(3)28-35)39(48)45-37(41(50)52-43(4,5)6)30-34-23-18-15-19-24-34/h14-19,21-24,26-28,36-38H,10-13,20,25,29-30H2,1-9H3,(H,45,48)(H,46,51). The van der Waals surface area contributed by atoms with Gasteiger partial charge in [0.05, 0.1) is 0 Å². The van der Waals surface area contributed by atoms with Gasteiger partial charge in [-0.15, -0.1) is 0 Å². The smallest absolute Gasteiger partial charge is 0.408 e. The first-order valence-electron chi connectivity index (χ1n) is 18.9. The van der Waals surface area contributed by atoms with Crippen molar-refractivity contribution in [3.8, 4) is 0 Å². The van der Waals surface area contributed by atoms with E-state index in [-0.39, 0.29) is 19.4 Å². The molecule has 288 valence electrons. The molecule has 0 saturated carbocycles. The zero-order valence-electron chi connectivity index (χ0n) is 33.3. The lowest BCUT2D eigenvalue weighted by Gasteiger charge is -2.36. The molecule has 0 radical (unpaired) electrons.